The third kappa shape index (κ3) is 3.85. The number of phenols is 1. The summed E-state index contributed by atoms with van der Waals surface area (Å²) in [6.07, 6.45) is 8.61. The summed E-state index contributed by atoms with van der Waals surface area (Å²) in [6, 6.07) is 5.65. The molecule has 3 heterocycles. The van der Waals surface area contributed by atoms with Gasteiger partial charge in [-0.25, -0.2) is 9.78 Å². The van der Waals surface area contributed by atoms with Crippen LogP contribution in [0.1, 0.15) is 28.5 Å². The van der Waals surface area contributed by atoms with Crippen LogP contribution in [0.5, 0.6) is 5.75 Å². The minimum atomic E-state index is -0.391. The molecule has 32 heavy (non-hydrogen) atoms. The minimum Gasteiger partial charge on any atom is -0.507 e. The lowest BCUT2D eigenvalue weighted by Gasteiger charge is -2.14. The van der Waals surface area contributed by atoms with Crippen molar-refractivity contribution in [1.29, 1.82) is 0 Å². The predicted molar refractivity (Wildman–Crippen MR) is 122 cm³/mol. The minimum absolute atomic E-state index is 0.130. The summed E-state index contributed by atoms with van der Waals surface area (Å²) in [5.74, 6) is -0.261. The standard InChI is InChI=1S/C24H27N5O3/c1-5-32-24(31)22-20(14-27(2)3)28(4)19-12-17(16-6-8-25-9-7-16)23(30)18(21(19)22)13-29-11-10-26-15-29/h6-12,15,30H,5,13-14H2,1-4H3. The highest BCUT2D eigenvalue weighted by Crippen LogP contribution is 2.41. The van der Waals surface area contributed by atoms with Gasteiger partial charge < -0.3 is 23.9 Å². The molecular weight excluding hydrogens is 406 g/mol. The molecule has 166 valence electrons. The summed E-state index contributed by atoms with van der Waals surface area (Å²) in [6.45, 7) is 2.98. The molecule has 8 heteroatoms. The van der Waals surface area contributed by atoms with Crippen LogP contribution < -0.4 is 0 Å². The van der Waals surface area contributed by atoms with E-state index in [1.165, 1.54) is 0 Å². The molecule has 4 aromatic rings. The number of imidazole rings is 1. The fourth-order valence-electron chi connectivity index (χ4n) is 4.09. The van der Waals surface area contributed by atoms with Gasteiger partial charge in [-0.1, -0.05) is 0 Å². The third-order valence-corrected chi connectivity index (χ3v) is 5.52. The number of aromatic nitrogens is 4. The number of aromatic hydroxyl groups is 1. The Morgan fingerprint density at radius 2 is 1.94 bits per heavy atom. The predicted octanol–water partition coefficient (Wildman–Crippen LogP) is 3.43. The molecule has 0 aliphatic heterocycles. The molecule has 0 saturated carbocycles. The Bertz CT molecular complexity index is 1240. The highest BCUT2D eigenvalue weighted by atomic mass is 16.5. The van der Waals surface area contributed by atoms with Crippen molar-refractivity contribution in [1.82, 2.24) is 24.0 Å². The quantitative estimate of drug-likeness (QED) is 0.450. The Labute approximate surface area is 186 Å². The molecule has 4 rings (SSSR count). The maximum Gasteiger partial charge on any atom is 0.340 e. The molecule has 3 aromatic heterocycles. The third-order valence-electron chi connectivity index (χ3n) is 5.52. The van der Waals surface area contributed by atoms with Crippen LogP contribution in [-0.2, 0) is 24.9 Å². The van der Waals surface area contributed by atoms with E-state index in [2.05, 4.69) is 9.97 Å². The maximum atomic E-state index is 13.1. The molecule has 0 radical (unpaired) electrons. The van der Waals surface area contributed by atoms with Crippen molar-refractivity contribution in [2.75, 3.05) is 20.7 Å². The molecule has 0 amide bonds. The van der Waals surface area contributed by atoms with Gasteiger partial charge in [-0.3, -0.25) is 4.98 Å². The van der Waals surface area contributed by atoms with Crippen molar-refractivity contribution in [3.8, 4) is 16.9 Å². The van der Waals surface area contributed by atoms with Crippen LogP contribution >= 0.6 is 0 Å². The number of hydrogen-bond donors (Lipinski definition) is 1. The van der Waals surface area contributed by atoms with Gasteiger partial charge in [-0.05, 0) is 44.8 Å². The lowest BCUT2D eigenvalue weighted by atomic mass is 9.96. The van der Waals surface area contributed by atoms with Gasteiger partial charge in [0, 0.05) is 60.6 Å². The second kappa shape index (κ2) is 8.84. The number of fused-ring (bicyclic) bond motifs is 1. The monoisotopic (exact) mass is 433 g/mol. The molecule has 0 atom stereocenters. The number of carbonyl (C=O) groups excluding carboxylic acids is 1. The number of carbonyl (C=O) groups is 1. The van der Waals surface area contributed by atoms with Gasteiger partial charge in [-0.15, -0.1) is 0 Å². The van der Waals surface area contributed by atoms with E-state index in [1.807, 2.05) is 59.6 Å². The van der Waals surface area contributed by atoms with Crippen molar-refractivity contribution < 1.29 is 14.6 Å². The van der Waals surface area contributed by atoms with Crippen molar-refractivity contribution in [3.05, 3.63) is 66.1 Å². The Kier molecular flexibility index (Phi) is 5.96. The number of phenolic OH excluding ortho intramolecular Hbond substituents is 1. The number of rotatable bonds is 7. The van der Waals surface area contributed by atoms with Crippen molar-refractivity contribution in [2.24, 2.45) is 7.05 Å². The second-order valence-corrected chi connectivity index (χ2v) is 7.96. The molecule has 0 bridgehead atoms. The van der Waals surface area contributed by atoms with Crippen molar-refractivity contribution in [2.45, 2.75) is 20.0 Å². The fourth-order valence-corrected chi connectivity index (χ4v) is 4.09. The van der Waals surface area contributed by atoms with Crippen LogP contribution in [0.4, 0.5) is 0 Å². The van der Waals surface area contributed by atoms with E-state index in [0.29, 0.717) is 35.2 Å². The molecule has 0 aliphatic rings. The summed E-state index contributed by atoms with van der Waals surface area (Å²) in [5, 5.41) is 12.1. The number of esters is 1. The smallest absolute Gasteiger partial charge is 0.340 e. The average molecular weight is 434 g/mol. The van der Waals surface area contributed by atoms with Crippen molar-refractivity contribution in [3.63, 3.8) is 0 Å². The zero-order valence-corrected chi connectivity index (χ0v) is 18.7. The first-order valence-electron chi connectivity index (χ1n) is 10.5. The lowest BCUT2D eigenvalue weighted by Crippen LogP contribution is -2.17. The van der Waals surface area contributed by atoms with Crippen LogP contribution in [0.25, 0.3) is 22.0 Å². The summed E-state index contributed by atoms with van der Waals surface area (Å²) in [4.78, 5) is 23.4. The first kappa shape index (κ1) is 21.6. The summed E-state index contributed by atoms with van der Waals surface area (Å²) in [7, 11) is 5.86. The largest absolute Gasteiger partial charge is 0.507 e. The molecule has 0 unspecified atom stereocenters. The molecule has 0 aliphatic carbocycles. The Hall–Kier alpha value is -3.65. The number of nitrogens with zero attached hydrogens (tertiary/aromatic N) is 5. The van der Waals surface area contributed by atoms with Gasteiger partial charge in [0.2, 0.25) is 0 Å². The Morgan fingerprint density at radius 3 is 2.56 bits per heavy atom. The number of benzene rings is 1. The van der Waals surface area contributed by atoms with Crippen LogP contribution in [0.15, 0.2) is 49.3 Å². The molecule has 1 N–H and O–H groups in total. The molecule has 1 aromatic carbocycles. The van der Waals surface area contributed by atoms with E-state index in [0.717, 1.165) is 16.8 Å². The van der Waals surface area contributed by atoms with Crippen LogP contribution in [0.3, 0.4) is 0 Å². The molecule has 8 nitrogen and oxygen atoms in total. The SMILES string of the molecule is CCOC(=O)c1c(CN(C)C)n(C)c2cc(-c3ccncc3)c(O)c(Cn3ccnc3)c12. The highest BCUT2D eigenvalue weighted by molar-refractivity contribution is 6.09. The number of ether oxygens (including phenoxy) is 1. The zero-order chi connectivity index (χ0) is 22.8. The lowest BCUT2D eigenvalue weighted by molar-refractivity contribution is 0.0526. The zero-order valence-electron chi connectivity index (χ0n) is 18.7. The van der Waals surface area contributed by atoms with E-state index in [4.69, 9.17) is 4.74 Å². The van der Waals surface area contributed by atoms with Crippen LogP contribution in [-0.4, -0.2) is 55.8 Å². The van der Waals surface area contributed by atoms with Crippen LogP contribution in [0.2, 0.25) is 0 Å². The van der Waals surface area contributed by atoms with Gasteiger partial charge in [-0.2, -0.15) is 0 Å². The van der Waals surface area contributed by atoms with Gasteiger partial charge in [0.05, 0.1) is 30.6 Å². The van der Waals surface area contributed by atoms with Crippen molar-refractivity contribution >= 4 is 16.9 Å². The highest BCUT2D eigenvalue weighted by Gasteiger charge is 2.28. The van der Waals surface area contributed by atoms with E-state index >= 15 is 0 Å². The maximum absolute atomic E-state index is 13.1. The first-order valence-corrected chi connectivity index (χ1v) is 10.5. The van der Waals surface area contributed by atoms with Gasteiger partial charge in [0.25, 0.3) is 0 Å². The molecule has 0 spiro atoms. The van der Waals surface area contributed by atoms with Crippen LogP contribution in [0, 0.1) is 0 Å². The molecule has 0 saturated heterocycles. The van der Waals surface area contributed by atoms with Gasteiger partial charge in [0.1, 0.15) is 5.75 Å². The fraction of sp³-hybridized carbons (Fsp3) is 0.292. The number of pyridine rings is 1. The van der Waals surface area contributed by atoms with E-state index < -0.39 is 5.97 Å². The van der Waals surface area contributed by atoms with Gasteiger partial charge in [0.15, 0.2) is 0 Å². The molecular formula is C24H27N5O3. The topological polar surface area (TPSA) is 85.4 Å². The molecule has 0 fully saturated rings. The average Bonchev–Trinajstić information content (AvgIpc) is 3.37. The number of hydrogen-bond acceptors (Lipinski definition) is 6. The van der Waals surface area contributed by atoms with E-state index in [-0.39, 0.29) is 12.4 Å². The first-order chi connectivity index (χ1) is 15.4. The van der Waals surface area contributed by atoms with Gasteiger partial charge >= 0.3 is 5.97 Å². The second-order valence-electron chi connectivity index (χ2n) is 7.96. The Morgan fingerprint density at radius 1 is 1.19 bits per heavy atom. The van der Waals surface area contributed by atoms with E-state index in [1.54, 1.807) is 31.8 Å². The Balaban J connectivity index is 2.09. The summed E-state index contributed by atoms with van der Waals surface area (Å²) in [5.41, 5.74) is 4.36. The normalized spacial score (nSPS) is 11.4. The van der Waals surface area contributed by atoms with E-state index in [9.17, 15) is 9.90 Å². The summed E-state index contributed by atoms with van der Waals surface area (Å²) >= 11 is 0. The number of aryl methyl sites for hydroxylation is 1. The summed E-state index contributed by atoms with van der Waals surface area (Å²) < 4.78 is 9.33.